The molecule has 170 valence electrons. The van der Waals surface area contributed by atoms with Crippen LogP contribution in [-0.4, -0.2) is 41.8 Å². The summed E-state index contributed by atoms with van der Waals surface area (Å²) in [5, 5.41) is 4.15. The molecule has 2 aromatic carbocycles. The zero-order valence-electron chi connectivity index (χ0n) is 18.9. The van der Waals surface area contributed by atoms with Gasteiger partial charge in [-0.25, -0.2) is 15.4 Å². The van der Waals surface area contributed by atoms with Crippen molar-refractivity contribution in [3.05, 3.63) is 71.9 Å². The molecule has 1 saturated heterocycles. The molecule has 0 radical (unpaired) electrons. The maximum atomic E-state index is 12.9. The van der Waals surface area contributed by atoms with E-state index in [4.69, 9.17) is 9.72 Å². The van der Waals surface area contributed by atoms with Crippen LogP contribution in [0.2, 0.25) is 0 Å². The van der Waals surface area contributed by atoms with E-state index in [9.17, 15) is 4.79 Å². The van der Waals surface area contributed by atoms with Gasteiger partial charge < -0.3 is 9.64 Å². The number of nitrogens with one attached hydrogen (secondary N) is 1. The first kappa shape index (κ1) is 22.5. The monoisotopic (exact) mass is 443 g/mol. The summed E-state index contributed by atoms with van der Waals surface area (Å²) in [5.74, 6) is 0.942. The topological polar surface area (TPSA) is 79.7 Å². The van der Waals surface area contributed by atoms with Gasteiger partial charge >= 0.3 is 0 Å². The number of benzene rings is 2. The van der Waals surface area contributed by atoms with Gasteiger partial charge in [-0.3, -0.25) is 4.79 Å². The van der Waals surface area contributed by atoms with Gasteiger partial charge in [-0.15, -0.1) is 0 Å². The van der Waals surface area contributed by atoms with Crippen molar-refractivity contribution in [1.29, 1.82) is 0 Å². The molecule has 7 nitrogen and oxygen atoms in total. The van der Waals surface area contributed by atoms with E-state index in [1.807, 2.05) is 54.6 Å². The Morgan fingerprint density at radius 2 is 1.82 bits per heavy atom. The Morgan fingerprint density at radius 3 is 2.61 bits per heavy atom. The lowest BCUT2D eigenvalue weighted by Gasteiger charge is -2.27. The van der Waals surface area contributed by atoms with Crippen molar-refractivity contribution in [3.8, 4) is 17.0 Å². The normalized spacial score (nSPS) is 13.8. The highest BCUT2D eigenvalue weighted by atomic mass is 16.5. The molecule has 0 aliphatic carbocycles. The highest BCUT2D eigenvalue weighted by Crippen LogP contribution is 2.23. The minimum atomic E-state index is -0.379. The number of hydrogen-bond acceptors (Lipinski definition) is 6. The minimum absolute atomic E-state index is 0.289. The van der Waals surface area contributed by atoms with E-state index in [-0.39, 0.29) is 11.6 Å². The molecule has 1 aliphatic rings. The van der Waals surface area contributed by atoms with Crippen molar-refractivity contribution in [1.82, 2.24) is 15.4 Å². The van der Waals surface area contributed by atoms with Crippen molar-refractivity contribution in [3.63, 3.8) is 0 Å². The molecule has 1 aliphatic heterocycles. The molecule has 2 heterocycles. The summed E-state index contributed by atoms with van der Waals surface area (Å²) in [7, 11) is 0. The molecule has 1 amide bonds. The number of anilines is 1. The predicted octanol–water partition coefficient (Wildman–Crippen LogP) is 4.69. The first-order valence-corrected chi connectivity index (χ1v) is 11.5. The van der Waals surface area contributed by atoms with Crippen LogP contribution >= 0.6 is 0 Å². The highest BCUT2D eigenvalue weighted by molar-refractivity contribution is 5.94. The number of aromatic nitrogens is 2. The second kappa shape index (κ2) is 11.2. The first-order chi connectivity index (χ1) is 16.2. The van der Waals surface area contributed by atoms with Crippen LogP contribution < -0.4 is 15.1 Å². The Morgan fingerprint density at radius 1 is 1.06 bits per heavy atom. The van der Waals surface area contributed by atoms with Crippen molar-refractivity contribution in [2.45, 2.75) is 32.6 Å². The van der Waals surface area contributed by atoms with E-state index >= 15 is 0 Å². The molecule has 1 N–H and O–H groups in total. The molecule has 0 atom stereocenters. The number of carbonyl (C=O) groups excluding carboxylic acids is 1. The smallest absolute Gasteiger partial charge is 0.290 e. The lowest BCUT2D eigenvalue weighted by atomic mass is 10.1. The molecule has 4 rings (SSSR count). The van der Waals surface area contributed by atoms with E-state index in [0.29, 0.717) is 12.6 Å². The van der Waals surface area contributed by atoms with E-state index in [2.05, 4.69) is 27.3 Å². The van der Waals surface area contributed by atoms with E-state index in [1.165, 1.54) is 6.42 Å². The van der Waals surface area contributed by atoms with E-state index < -0.39 is 0 Å². The van der Waals surface area contributed by atoms with Crippen LogP contribution in [0.5, 0.6) is 5.75 Å². The Labute approximate surface area is 194 Å². The zero-order valence-corrected chi connectivity index (χ0v) is 18.9. The third kappa shape index (κ3) is 5.94. The number of amides is 1. The Balaban J connectivity index is 1.56. The van der Waals surface area contributed by atoms with Gasteiger partial charge in [-0.1, -0.05) is 49.4 Å². The largest absolute Gasteiger partial charge is 0.493 e. The molecule has 0 spiro atoms. The van der Waals surface area contributed by atoms with E-state index in [1.54, 1.807) is 12.3 Å². The quantitative estimate of drug-likeness (QED) is 0.404. The van der Waals surface area contributed by atoms with Crippen LogP contribution in [-0.2, 0) is 0 Å². The molecule has 7 heteroatoms. The van der Waals surface area contributed by atoms with Crippen LogP contribution in [0, 0.1) is 0 Å². The van der Waals surface area contributed by atoms with Crippen LogP contribution in [0.25, 0.3) is 11.3 Å². The van der Waals surface area contributed by atoms with Crippen LogP contribution in [0.4, 0.5) is 5.95 Å². The third-order valence-corrected chi connectivity index (χ3v) is 5.41. The minimum Gasteiger partial charge on any atom is -0.493 e. The SMILES string of the molecule is CCCOc1ccccc1/C=N/NC(=O)c1cc(-c2ccccc2)nc(N2CCCCC2)n1. The van der Waals surface area contributed by atoms with Crippen molar-refractivity contribution in [2.24, 2.45) is 5.10 Å². The van der Waals surface area contributed by atoms with Crippen molar-refractivity contribution < 1.29 is 9.53 Å². The van der Waals surface area contributed by atoms with Gasteiger partial charge in [0.05, 0.1) is 18.5 Å². The summed E-state index contributed by atoms with van der Waals surface area (Å²) in [5.41, 5.74) is 5.36. The fourth-order valence-corrected chi connectivity index (χ4v) is 3.69. The van der Waals surface area contributed by atoms with Crippen LogP contribution in [0.3, 0.4) is 0 Å². The average Bonchev–Trinajstić information content (AvgIpc) is 2.89. The Hall–Kier alpha value is -3.74. The lowest BCUT2D eigenvalue weighted by molar-refractivity contribution is 0.0950. The second-order valence-corrected chi connectivity index (χ2v) is 7.94. The number of piperidine rings is 1. The predicted molar refractivity (Wildman–Crippen MR) is 131 cm³/mol. The fourth-order valence-electron chi connectivity index (χ4n) is 3.69. The summed E-state index contributed by atoms with van der Waals surface area (Å²) >= 11 is 0. The fraction of sp³-hybridized carbons (Fsp3) is 0.308. The summed E-state index contributed by atoms with van der Waals surface area (Å²) in [4.78, 5) is 24.4. The molecule has 0 bridgehead atoms. The molecule has 1 fully saturated rings. The first-order valence-electron chi connectivity index (χ1n) is 11.5. The van der Waals surface area contributed by atoms with Gasteiger partial charge in [0.15, 0.2) is 0 Å². The number of carbonyl (C=O) groups is 1. The maximum Gasteiger partial charge on any atom is 0.290 e. The van der Waals surface area contributed by atoms with Gasteiger partial charge in [-0.05, 0) is 43.9 Å². The summed E-state index contributed by atoms with van der Waals surface area (Å²) in [6.07, 6.45) is 5.92. The van der Waals surface area contributed by atoms with Gasteiger partial charge in [-0.2, -0.15) is 5.10 Å². The number of para-hydroxylation sites is 1. The van der Waals surface area contributed by atoms with Gasteiger partial charge in [0.1, 0.15) is 11.4 Å². The number of rotatable bonds is 8. The Bertz CT molecular complexity index is 1090. The number of nitrogens with zero attached hydrogens (tertiary/aromatic N) is 4. The molecule has 0 unspecified atom stereocenters. The lowest BCUT2D eigenvalue weighted by Crippen LogP contribution is -2.32. The molecule has 1 aromatic heterocycles. The molecule has 33 heavy (non-hydrogen) atoms. The van der Waals surface area contributed by atoms with E-state index in [0.717, 1.165) is 54.9 Å². The van der Waals surface area contributed by atoms with Gasteiger partial charge in [0, 0.05) is 24.2 Å². The van der Waals surface area contributed by atoms with Gasteiger partial charge in [0.25, 0.3) is 5.91 Å². The maximum absolute atomic E-state index is 12.9. The number of hydrogen-bond donors (Lipinski definition) is 1. The summed E-state index contributed by atoms with van der Waals surface area (Å²) < 4.78 is 5.75. The molecular weight excluding hydrogens is 414 g/mol. The third-order valence-electron chi connectivity index (χ3n) is 5.41. The van der Waals surface area contributed by atoms with Crippen LogP contribution in [0.15, 0.2) is 65.8 Å². The molecule has 3 aromatic rings. The van der Waals surface area contributed by atoms with Crippen molar-refractivity contribution in [2.75, 3.05) is 24.6 Å². The van der Waals surface area contributed by atoms with Gasteiger partial charge in [0.2, 0.25) is 5.95 Å². The Kier molecular flexibility index (Phi) is 7.64. The highest BCUT2D eigenvalue weighted by Gasteiger charge is 2.18. The standard InChI is InChI=1S/C26H29N5O2/c1-2-17-33-24-14-8-7-13-21(24)19-27-30-25(32)23-18-22(20-11-5-3-6-12-20)28-26(29-23)31-15-9-4-10-16-31/h3,5-8,11-14,18-19H,2,4,9-10,15-17H2,1H3,(H,30,32)/b27-19+. The average molecular weight is 444 g/mol. The van der Waals surface area contributed by atoms with Crippen LogP contribution in [0.1, 0.15) is 48.7 Å². The zero-order chi connectivity index (χ0) is 22.9. The molecular formula is C26H29N5O2. The summed E-state index contributed by atoms with van der Waals surface area (Å²) in [6.45, 7) is 4.47. The second-order valence-electron chi connectivity index (χ2n) is 7.94. The van der Waals surface area contributed by atoms with Crippen molar-refractivity contribution >= 4 is 18.1 Å². The number of hydrazone groups is 1. The number of ether oxygens (including phenoxy) is 1. The summed E-state index contributed by atoms with van der Waals surface area (Å²) in [6, 6.07) is 19.2. The molecule has 0 saturated carbocycles.